The van der Waals surface area contributed by atoms with Crippen molar-refractivity contribution in [1.82, 2.24) is 0 Å². The Labute approximate surface area is 137 Å². The number of phenolic OH excluding ortho intramolecular Hbond substituents is 1. The molecule has 2 nitrogen and oxygen atoms in total. The van der Waals surface area contributed by atoms with Crippen molar-refractivity contribution in [2.45, 2.75) is 64.1 Å². The van der Waals surface area contributed by atoms with Gasteiger partial charge in [0.15, 0.2) is 0 Å². The molecule has 3 aliphatic carbocycles. The molecule has 2 fully saturated rings. The number of aromatic hydroxyl groups is 1. The van der Waals surface area contributed by atoms with E-state index in [2.05, 4.69) is 13.8 Å². The van der Waals surface area contributed by atoms with Crippen molar-refractivity contribution in [2.24, 2.45) is 23.2 Å². The molecule has 4 rings (SSSR count). The highest BCUT2D eigenvalue weighted by Crippen LogP contribution is 2.63. The molecule has 0 unspecified atom stereocenters. The second-order valence-corrected chi connectivity index (χ2v) is 8.35. The molecule has 1 aromatic carbocycles. The van der Waals surface area contributed by atoms with Gasteiger partial charge >= 0.3 is 0 Å². The molecule has 0 amide bonds. The van der Waals surface area contributed by atoms with E-state index in [9.17, 15) is 10.2 Å². The number of benzene rings is 1. The Morgan fingerprint density at radius 3 is 2.83 bits per heavy atom. The van der Waals surface area contributed by atoms with Gasteiger partial charge in [0.05, 0.1) is 6.10 Å². The molecule has 0 bridgehead atoms. The normalized spacial score (nSPS) is 45.2. The number of phenols is 1. The maximum absolute atomic E-state index is 15.2. The van der Waals surface area contributed by atoms with Crippen LogP contribution in [0.25, 0.3) is 0 Å². The van der Waals surface area contributed by atoms with Gasteiger partial charge in [-0.25, -0.2) is 4.39 Å². The summed E-state index contributed by atoms with van der Waals surface area (Å²) in [6, 6.07) is 5.44. The molecule has 126 valence electrons. The third kappa shape index (κ3) is 2.15. The van der Waals surface area contributed by atoms with Crippen molar-refractivity contribution >= 4 is 0 Å². The predicted molar refractivity (Wildman–Crippen MR) is 88.2 cm³/mol. The van der Waals surface area contributed by atoms with Crippen LogP contribution in [0, 0.1) is 23.2 Å². The van der Waals surface area contributed by atoms with E-state index >= 15 is 4.39 Å². The maximum Gasteiger partial charge on any atom is 0.115 e. The molecule has 1 aromatic rings. The van der Waals surface area contributed by atoms with Crippen molar-refractivity contribution in [1.29, 1.82) is 0 Å². The first-order valence-electron chi connectivity index (χ1n) is 9.08. The van der Waals surface area contributed by atoms with Crippen LogP contribution in [0.4, 0.5) is 4.39 Å². The van der Waals surface area contributed by atoms with Crippen LogP contribution in [0.5, 0.6) is 5.75 Å². The van der Waals surface area contributed by atoms with E-state index in [-0.39, 0.29) is 23.2 Å². The Bertz CT molecular complexity index is 616. The van der Waals surface area contributed by atoms with E-state index in [4.69, 9.17) is 0 Å². The molecular weight excluding hydrogens is 291 g/mol. The van der Waals surface area contributed by atoms with Crippen LogP contribution in [0.15, 0.2) is 18.2 Å². The van der Waals surface area contributed by atoms with Gasteiger partial charge in [-0.3, -0.25) is 0 Å². The first-order valence-corrected chi connectivity index (χ1v) is 9.08. The van der Waals surface area contributed by atoms with Gasteiger partial charge in [0.2, 0.25) is 0 Å². The molecule has 0 heterocycles. The average Bonchev–Trinajstić information content (AvgIpc) is 2.75. The summed E-state index contributed by atoms with van der Waals surface area (Å²) in [7, 11) is 0. The number of fused-ring (bicyclic) bond motifs is 5. The number of alkyl halides is 1. The zero-order valence-corrected chi connectivity index (χ0v) is 14.0. The topological polar surface area (TPSA) is 40.5 Å². The van der Waals surface area contributed by atoms with Crippen LogP contribution >= 0.6 is 0 Å². The highest BCUT2D eigenvalue weighted by Gasteiger charge is 2.59. The van der Waals surface area contributed by atoms with E-state index in [1.54, 1.807) is 6.07 Å². The van der Waals surface area contributed by atoms with E-state index in [0.717, 1.165) is 36.8 Å². The van der Waals surface area contributed by atoms with Crippen LogP contribution in [0.1, 0.15) is 56.6 Å². The lowest BCUT2D eigenvalue weighted by Crippen LogP contribution is -2.47. The zero-order valence-electron chi connectivity index (χ0n) is 14.0. The lowest BCUT2D eigenvalue weighted by atomic mass is 9.53. The smallest absolute Gasteiger partial charge is 0.115 e. The maximum atomic E-state index is 15.2. The number of aliphatic hydroxyl groups is 1. The third-order valence-corrected chi connectivity index (χ3v) is 7.11. The van der Waals surface area contributed by atoms with E-state index < -0.39 is 6.17 Å². The van der Waals surface area contributed by atoms with Crippen LogP contribution in [-0.4, -0.2) is 22.5 Å². The van der Waals surface area contributed by atoms with Gasteiger partial charge in [-0.1, -0.05) is 26.3 Å². The van der Waals surface area contributed by atoms with E-state index in [1.807, 2.05) is 12.1 Å². The minimum Gasteiger partial charge on any atom is -0.508 e. The molecule has 2 N–H and O–H groups in total. The van der Waals surface area contributed by atoms with Gasteiger partial charge < -0.3 is 10.2 Å². The van der Waals surface area contributed by atoms with Gasteiger partial charge in [-0.05, 0) is 72.1 Å². The second kappa shape index (κ2) is 5.20. The third-order valence-electron chi connectivity index (χ3n) is 7.11. The van der Waals surface area contributed by atoms with Crippen LogP contribution in [-0.2, 0) is 6.42 Å². The average molecular weight is 318 g/mol. The van der Waals surface area contributed by atoms with Crippen molar-refractivity contribution in [3.63, 3.8) is 0 Å². The summed E-state index contributed by atoms with van der Waals surface area (Å²) in [6.07, 6.45) is 3.07. The number of aliphatic hydroxyl groups excluding tert-OH is 1. The number of aryl methyl sites for hydroxylation is 1. The summed E-state index contributed by atoms with van der Waals surface area (Å²) in [4.78, 5) is 0. The SMILES string of the molecule is CC[C@H]1[C@H]2[C@@H]3CCc4cc(O)ccc4[C@H]3[C@@H](F)C[C@]2(C)C[C@@H]1O. The van der Waals surface area contributed by atoms with Crippen LogP contribution in [0.3, 0.4) is 0 Å². The molecule has 2 saturated carbocycles. The minimum atomic E-state index is -0.840. The highest BCUT2D eigenvalue weighted by molar-refractivity contribution is 5.41. The standard InChI is InChI=1S/C20H27FO2/c1-3-13-17(23)10-20(2)9-16(21)18-14-7-5-12(22)8-11(14)4-6-15(18)19(13)20/h5,7-8,13,15-19,22-23H,3-4,6,9-10H2,1-2H3/t13-,15-,16+,17+,18-,19+,20-/m1/s1. The summed E-state index contributed by atoms with van der Waals surface area (Å²) in [5, 5.41) is 20.3. The van der Waals surface area contributed by atoms with Crippen molar-refractivity contribution in [3.8, 4) is 5.75 Å². The predicted octanol–water partition coefficient (Wildman–Crippen LogP) is 4.19. The Morgan fingerprint density at radius 2 is 2.09 bits per heavy atom. The van der Waals surface area contributed by atoms with Crippen LogP contribution < -0.4 is 0 Å². The first kappa shape index (κ1) is 15.4. The molecule has 7 atom stereocenters. The lowest BCUT2D eigenvalue weighted by molar-refractivity contribution is -0.0183. The monoisotopic (exact) mass is 318 g/mol. The summed E-state index contributed by atoms with van der Waals surface area (Å²) in [5.74, 6) is 1.26. The fourth-order valence-electron chi connectivity index (χ4n) is 6.41. The Morgan fingerprint density at radius 1 is 1.30 bits per heavy atom. The first-order chi connectivity index (χ1) is 10.9. The molecule has 0 aliphatic heterocycles. The summed E-state index contributed by atoms with van der Waals surface area (Å²) in [5.41, 5.74) is 2.16. The quantitative estimate of drug-likeness (QED) is 0.815. The number of hydrogen-bond donors (Lipinski definition) is 2. The molecule has 0 radical (unpaired) electrons. The van der Waals surface area contributed by atoms with Crippen LogP contribution in [0.2, 0.25) is 0 Å². The Hall–Kier alpha value is -1.09. The van der Waals surface area contributed by atoms with Gasteiger partial charge in [0.25, 0.3) is 0 Å². The van der Waals surface area contributed by atoms with Gasteiger partial charge in [0.1, 0.15) is 11.9 Å². The fraction of sp³-hybridized carbons (Fsp3) is 0.700. The lowest BCUT2D eigenvalue weighted by Gasteiger charge is -2.52. The summed E-state index contributed by atoms with van der Waals surface area (Å²) >= 11 is 0. The van der Waals surface area contributed by atoms with Gasteiger partial charge in [0, 0.05) is 5.92 Å². The zero-order chi connectivity index (χ0) is 16.4. The van der Waals surface area contributed by atoms with Gasteiger partial charge in [-0.2, -0.15) is 0 Å². The van der Waals surface area contributed by atoms with Crippen molar-refractivity contribution in [2.75, 3.05) is 0 Å². The Kier molecular flexibility index (Phi) is 3.49. The highest BCUT2D eigenvalue weighted by atomic mass is 19.1. The molecule has 3 heteroatoms. The van der Waals surface area contributed by atoms with E-state index in [0.29, 0.717) is 24.2 Å². The van der Waals surface area contributed by atoms with Crippen molar-refractivity contribution in [3.05, 3.63) is 29.3 Å². The largest absolute Gasteiger partial charge is 0.508 e. The molecule has 0 aromatic heterocycles. The molecule has 23 heavy (non-hydrogen) atoms. The van der Waals surface area contributed by atoms with E-state index in [1.165, 1.54) is 0 Å². The summed E-state index contributed by atoms with van der Waals surface area (Å²) < 4.78 is 15.2. The molecule has 0 spiro atoms. The number of hydrogen-bond acceptors (Lipinski definition) is 2. The minimum absolute atomic E-state index is 0.0585. The van der Waals surface area contributed by atoms with Gasteiger partial charge in [-0.15, -0.1) is 0 Å². The van der Waals surface area contributed by atoms with Crippen molar-refractivity contribution < 1.29 is 14.6 Å². The Balaban J connectivity index is 1.77. The molecule has 3 aliphatic rings. The number of halogens is 1. The molecule has 0 saturated heterocycles. The molecular formula is C20H27FO2. The fourth-order valence-corrected chi connectivity index (χ4v) is 6.41. The summed E-state index contributed by atoms with van der Waals surface area (Å²) in [6.45, 7) is 4.36. The second-order valence-electron chi connectivity index (χ2n) is 8.35. The number of rotatable bonds is 1.